The normalized spacial score (nSPS) is 12.1. The first-order valence-corrected chi connectivity index (χ1v) is 8.80. The molecule has 6 nitrogen and oxygen atoms in total. The van der Waals surface area contributed by atoms with Gasteiger partial charge in [0, 0.05) is 35.6 Å². The number of rotatable bonds is 4. The summed E-state index contributed by atoms with van der Waals surface area (Å²) in [7, 11) is 0. The predicted molar refractivity (Wildman–Crippen MR) is 117 cm³/mol. The predicted octanol–water partition coefficient (Wildman–Crippen LogP) is 4.25. The van der Waals surface area contributed by atoms with E-state index in [0.29, 0.717) is 0 Å². The molecule has 0 spiro atoms. The highest BCUT2D eigenvalue weighted by Gasteiger charge is 2.32. The highest BCUT2D eigenvalue weighted by molar-refractivity contribution is 5.96. The molecule has 4 aromatic rings. The van der Waals surface area contributed by atoms with E-state index >= 15 is 0 Å². The van der Waals surface area contributed by atoms with Gasteiger partial charge in [0.1, 0.15) is 0 Å². The van der Waals surface area contributed by atoms with E-state index in [1.165, 1.54) is 5.56 Å². The molecule has 2 aromatic carbocycles. The first-order valence-electron chi connectivity index (χ1n) is 8.80. The molecule has 0 aliphatic heterocycles. The van der Waals surface area contributed by atoms with Gasteiger partial charge >= 0.3 is 0 Å². The minimum absolute atomic E-state index is 0. The Hall–Kier alpha value is -3.09. The Morgan fingerprint density at radius 1 is 1.07 bits per heavy atom. The lowest BCUT2D eigenvalue weighted by Gasteiger charge is -2.17. The number of imidazole rings is 1. The second-order valence-corrected chi connectivity index (χ2v) is 6.56. The summed E-state index contributed by atoms with van der Waals surface area (Å²) in [5.74, 6) is -0.149. The fraction of sp³-hybridized carbons (Fsp3) is 0.0952. The fourth-order valence-electron chi connectivity index (χ4n) is 3.67. The van der Waals surface area contributed by atoms with Crippen molar-refractivity contribution in [3.8, 4) is 11.3 Å². The zero-order chi connectivity index (χ0) is 18.2. The highest BCUT2D eigenvalue weighted by Crippen LogP contribution is 2.39. The van der Waals surface area contributed by atoms with Gasteiger partial charge in [0.05, 0.1) is 17.7 Å². The molecule has 2 N–H and O–H groups in total. The molecule has 5 rings (SSSR count). The minimum Gasteiger partial charge on any atom is -0.324 e. The van der Waals surface area contributed by atoms with Crippen LogP contribution in [0.25, 0.3) is 11.3 Å². The Kier molecular flexibility index (Phi) is 6.06. The maximum Gasteiger partial charge on any atom is 0.253 e. The molecule has 1 unspecified atom stereocenters. The van der Waals surface area contributed by atoms with E-state index in [0.717, 1.165) is 34.6 Å². The summed E-state index contributed by atoms with van der Waals surface area (Å²) in [6.45, 7) is 0. The second-order valence-electron chi connectivity index (χ2n) is 6.56. The number of benzene rings is 2. The second kappa shape index (κ2) is 8.51. The van der Waals surface area contributed by atoms with Gasteiger partial charge < -0.3 is 9.88 Å². The van der Waals surface area contributed by atoms with Crippen LogP contribution in [0.2, 0.25) is 0 Å². The van der Waals surface area contributed by atoms with Gasteiger partial charge in [-0.15, -0.1) is 24.8 Å². The molecule has 1 atom stereocenters. The number of carbonyl (C=O) groups is 1. The standard InChI is InChI=1S/C21H17N5O.2ClH/c27-21(23-15-7-2-1-3-8-15)20(26-11-10-22-13-26)19-17-12-14-6-4-5-9-16(14)18(17)24-25-19;;/h1-11,13,20H,12H2,(H,23,27)(H,24,25);2*1H. The van der Waals surface area contributed by atoms with E-state index in [2.05, 4.69) is 32.6 Å². The summed E-state index contributed by atoms with van der Waals surface area (Å²) in [5, 5.41) is 10.7. The van der Waals surface area contributed by atoms with Gasteiger partial charge in [-0.05, 0) is 17.7 Å². The number of para-hydroxylation sites is 1. The van der Waals surface area contributed by atoms with Gasteiger partial charge in [-0.25, -0.2) is 4.98 Å². The van der Waals surface area contributed by atoms with Crippen molar-refractivity contribution < 1.29 is 4.79 Å². The van der Waals surface area contributed by atoms with Crippen molar-refractivity contribution in [1.29, 1.82) is 0 Å². The third-order valence-corrected chi connectivity index (χ3v) is 4.92. The molecular weight excluding hydrogens is 409 g/mol. The number of aromatic nitrogens is 4. The number of halogens is 2. The number of aromatic amines is 1. The molecule has 8 heteroatoms. The maximum atomic E-state index is 13.2. The smallest absolute Gasteiger partial charge is 0.253 e. The van der Waals surface area contributed by atoms with Crippen molar-refractivity contribution in [3.63, 3.8) is 0 Å². The topological polar surface area (TPSA) is 75.6 Å². The fourth-order valence-corrected chi connectivity index (χ4v) is 3.67. The average Bonchev–Trinajstić information content (AvgIpc) is 3.41. The van der Waals surface area contributed by atoms with Gasteiger partial charge in [-0.3, -0.25) is 9.89 Å². The summed E-state index contributed by atoms with van der Waals surface area (Å²) in [6.07, 6.45) is 5.88. The molecular formula is C21H19Cl2N5O. The van der Waals surface area contributed by atoms with Crippen molar-refractivity contribution in [2.45, 2.75) is 12.5 Å². The van der Waals surface area contributed by atoms with Crippen LogP contribution in [0.3, 0.4) is 0 Å². The van der Waals surface area contributed by atoms with Crippen molar-refractivity contribution in [2.75, 3.05) is 5.32 Å². The minimum atomic E-state index is -0.595. The van der Waals surface area contributed by atoms with Crippen LogP contribution in [0.4, 0.5) is 5.69 Å². The van der Waals surface area contributed by atoms with Crippen LogP contribution in [-0.4, -0.2) is 25.7 Å². The highest BCUT2D eigenvalue weighted by atomic mass is 35.5. The molecule has 1 aliphatic carbocycles. The Bertz CT molecular complexity index is 1110. The summed E-state index contributed by atoms with van der Waals surface area (Å²) in [5.41, 5.74) is 5.95. The summed E-state index contributed by atoms with van der Waals surface area (Å²) in [6, 6.07) is 17.1. The molecule has 148 valence electrons. The Morgan fingerprint density at radius 3 is 2.59 bits per heavy atom. The lowest BCUT2D eigenvalue weighted by atomic mass is 10.1. The first kappa shape index (κ1) is 20.6. The van der Waals surface area contributed by atoms with E-state index in [4.69, 9.17) is 0 Å². The third-order valence-electron chi connectivity index (χ3n) is 4.92. The van der Waals surface area contributed by atoms with E-state index in [9.17, 15) is 4.79 Å². The Morgan fingerprint density at radius 2 is 1.83 bits per heavy atom. The molecule has 0 bridgehead atoms. The quantitative estimate of drug-likeness (QED) is 0.450. The largest absolute Gasteiger partial charge is 0.324 e. The van der Waals surface area contributed by atoms with Crippen molar-refractivity contribution in [2.24, 2.45) is 0 Å². The van der Waals surface area contributed by atoms with Gasteiger partial charge in [0.25, 0.3) is 5.91 Å². The zero-order valence-electron chi connectivity index (χ0n) is 15.3. The maximum absolute atomic E-state index is 13.2. The van der Waals surface area contributed by atoms with E-state index in [1.54, 1.807) is 23.3 Å². The number of hydrogen-bond donors (Lipinski definition) is 2. The van der Waals surface area contributed by atoms with Crippen molar-refractivity contribution in [1.82, 2.24) is 19.7 Å². The molecule has 1 amide bonds. The van der Waals surface area contributed by atoms with Crippen LogP contribution in [0.1, 0.15) is 22.9 Å². The molecule has 0 saturated carbocycles. The number of hydrogen-bond acceptors (Lipinski definition) is 3. The van der Waals surface area contributed by atoms with Crippen LogP contribution < -0.4 is 5.32 Å². The lowest BCUT2D eigenvalue weighted by molar-refractivity contribution is -0.118. The van der Waals surface area contributed by atoms with Crippen LogP contribution in [0.5, 0.6) is 0 Å². The number of nitrogens with one attached hydrogen (secondary N) is 2. The first-order chi connectivity index (χ1) is 13.3. The Balaban J connectivity index is 0.00000120. The monoisotopic (exact) mass is 427 g/mol. The van der Waals surface area contributed by atoms with E-state index in [1.807, 2.05) is 42.5 Å². The van der Waals surface area contributed by atoms with Gasteiger partial charge in [0.2, 0.25) is 0 Å². The van der Waals surface area contributed by atoms with Crippen molar-refractivity contribution in [3.05, 3.63) is 90.1 Å². The number of amides is 1. The number of H-pyrrole nitrogens is 1. The summed E-state index contributed by atoms with van der Waals surface area (Å²) >= 11 is 0. The molecule has 29 heavy (non-hydrogen) atoms. The summed E-state index contributed by atoms with van der Waals surface area (Å²) < 4.78 is 1.79. The van der Waals surface area contributed by atoms with Gasteiger partial charge in [-0.1, -0.05) is 42.5 Å². The van der Waals surface area contributed by atoms with Gasteiger partial charge in [-0.2, -0.15) is 5.10 Å². The molecule has 0 saturated heterocycles. The molecule has 0 fully saturated rings. The Labute approximate surface area is 180 Å². The van der Waals surface area contributed by atoms with E-state index < -0.39 is 6.04 Å². The number of nitrogens with zero attached hydrogens (tertiary/aromatic N) is 3. The third kappa shape index (κ3) is 3.64. The number of fused-ring (bicyclic) bond motifs is 3. The SMILES string of the molecule is Cl.Cl.O=C(Nc1ccccc1)C(c1n[nH]c2c1Cc1ccccc1-2)n1ccnc1. The number of anilines is 1. The van der Waals surface area contributed by atoms with Crippen LogP contribution in [0.15, 0.2) is 73.3 Å². The van der Waals surface area contributed by atoms with Crippen LogP contribution >= 0.6 is 24.8 Å². The molecule has 2 aromatic heterocycles. The van der Waals surface area contributed by atoms with Crippen molar-refractivity contribution >= 4 is 36.4 Å². The molecule has 2 heterocycles. The van der Waals surface area contributed by atoms with Crippen LogP contribution in [-0.2, 0) is 11.2 Å². The molecule has 0 radical (unpaired) electrons. The van der Waals surface area contributed by atoms with E-state index in [-0.39, 0.29) is 30.7 Å². The zero-order valence-corrected chi connectivity index (χ0v) is 16.9. The lowest BCUT2D eigenvalue weighted by Crippen LogP contribution is -2.27. The average molecular weight is 428 g/mol. The van der Waals surface area contributed by atoms with Crippen LogP contribution in [0, 0.1) is 0 Å². The molecule has 1 aliphatic rings. The number of carbonyl (C=O) groups excluding carboxylic acids is 1. The summed E-state index contributed by atoms with van der Waals surface area (Å²) in [4.78, 5) is 17.3. The van der Waals surface area contributed by atoms with Gasteiger partial charge in [0.15, 0.2) is 6.04 Å².